The van der Waals surface area contributed by atoms with E-state index in [9.17, 15) is 5.11 Å². The number of benzene rings is 1. The summed E-state index contributed by atoms with van der Waals surface area (Å²) in [6.45, 7) is 4.10. The van der Waals surface area contributed by atoms with Gasteiger partial charge in [0.2, 0.25) is 0 Å². The summed E-state index contributed by atoms with van der Waals surface area (Å²) in [6, 6.07) is 3.59. The summed E-state index contributed by atoms with van der Waals surface area (Å²) in [5, 5.41) is 9.66. The molecular formula is C13H18O2. The van der Waals surface area contributed by atoms with Gasteiger partial charge in [-0.2, -0.15) is 0 Å². The van der Waals surface area contributed by atoms with Gasteiger partial charge in [0.1, 0.15) is 0 Å². The number of phenols is 1. The second-order valence-electron chi connectivity index (χ2n) is 3.44. The van der Waals surface area contributed by atoms with Crippen LogP contribution in [-0.2, 0) is 6.42 Å². The largest absolute Gasteiger partial charge is 0.504 e. The Bertz CT molecular complexity index is 354. The van der Waals surface area contributed by atoms with Gasteiger partial charge in [0.05, 0.1) is 7.11 Å². The molecule has 0 spiro atoms. The molecule has 0 aliphatic carbocycles. The smallest absolute Gasteiger partial charge is 0.164 e. The Balaban J connectivity index is 3.27. The van der Waals surface area contributed by atoms with Gasteiger partial charge in [0.25, 0.3) is 0 Å². The molecule has 2 nitrogen and oxygen atoms in total. The van der Waals surface area contributed by atoms with E-state index >= 15 is 0 Å². The summed E-state index contributed by atoms with van der Waals surface area (Å²) in [7, 11) is 1.59. The average Bonchev–Trinajstić information content (AvgIpc) is 2.23. The predicted octanol–water partition coefficient (Wildman–Crippen LogP) is 3.39. The third-order valence-electron chi connectivity index (χ3n) is 2.33. The SMILES string of the molecule is CC=Cc1ccc(O)c(OC)c1CCC. The summed E-state index contributed by atoms with van der Waals surface area (Å²) in [5.41, 5.74) is 2.20. The monoisotopic (exact) mass is 206 g/mol. The van der Waals surface area contributed by atoms with E-state index in [0.717, 1.165) is 24.0 Å². The molecule has 1 rings (SSSR count). The van der Waals surface area contributed by atoms with Crippen molar-refractivity contribution < 1.29 is 9.84 Å². The molecule has 0 aliphatic heterocycles. The molecule has 0 amide bonds. The van der Waals surface area contributed by atoms with Crippen molar-refractivity contribution in [3.63, 3.8) is 0 Å². The van der Waals surface area contributed by atoms with Gasteiger partial charge in [-0.15, -0.1) is 0 Å². The lowest BCUT2D eigenvalue weighted by molar-refractivity contribution is 0.369. The Morgan fingerprint density at radius 1 is 1.40 bits per heavy atom. The van der Waals surface area contributed by atoms with E-state index in [1.54, 1.807) is 13.2 Å². The van der Waals surface area contributed by atoms with Gasteiger partial charge >= 0.3 is 0 Å². The third kappa shape index (κ3) is 2.52. The molecular weight excluding hydrogens is 188 g/mol. The van der Waals surface area contributed by atoms with Crippen LogP contribution in [0.25, 0.3) is 6.08 Å². The van der Waals surface area contributed by atoms with Crippen LogP contribution in [0.2, 0.25) is 0 Å². The zero-order valence-corrected chi connectivity index (χ0v) is 9.58. The van der Waals surface area contributed by atoms with Crippen molar-refractivity contribution in [2.45, 2.75) is 26.7 Å². The van der Waals surface area contributed by atoms with Crippen molar-refractivity contribution in [3.05, 3.63) is 29.3 Å². The molecule has 1 aromatic rings. The number of hydrogen-bond acceptors (Lipinski definition) is 2. The Kier molecular flexibility index (Phi) is 4.22. The first kappa shape index (κ1) is 11.6. The number of allylic oxidation sites excluding steroid dienone is 1. The van der Waals surface area contributed by atoms with Gasteiger partial charge in [-0.1, -0.05) is 31.6 Å². The highest BCUT2D eigenvalue weighted by molar-refractivity contribution is 5.61. The van der Waals surface area contributed by atoms with E-state index in [4.69, 9.17) is 4.74 Å². The number of aromatic hydroxyl groups is 1. The maximum Gasteiger partial charge on any atom is 0.164 e. The molecule has 1 aromatic carbocycles. The van der Waals surface area contributed by atoms with E-state index in [0.29, 0.717) is 5.75 Å². The topological polar surface area (TPSA) is 29.5 Å². The molecule has 0 bridgehead atoms. The summed E-state index contributed by atoms with van der Waals surface area (Å²) >= 11 is 0. The summed E-state index contributed by atoms with van der Waals surface area (Å²) in [4.78, 5) is 0. The Morgan fingerprint density at radius 2 is 2.13 bits per heavy atom. The van der Waals surface area contributed by atoms with Crippen molar-refractivity contribution in [3.8, 4) is 11.5 Å². The quantitative estimate of drug-likeness (QED) is 0.818. The molecule has 0 aliphatic rings. The molecule has 0 unspecified atom stereocenters. The number of rotatable bonds is 4. The molecule has 0 atom stereocenters. The minimum absolute atomic E-state index is 0.217. The van der Waals surface area contributed by atoms with Crippen LogP contribution in [0.15, 0.2) is 18.2 Å². The van der Waals surface area contributed by atoms with Gasteiger partial charge in [0, 0.05) is 5.56 Å². The summed E-state index contributed by atoms with van der Waals surface area (Å²) in [6.07, 6.45) is 5.97. The van der Waals surface area contributed by atoms with Crippen LogP contribution in [0, 0.1) is 0 Å². The maximum atomic E-state index is 9.66. The van der Waals surface area contributed by atoms with E-state index in [1.165, 1.54) is 0 Å². The van der Waals surface area contributed by atoms with Gasteiger partial charge < -0.3 is 9.84 Å². The van der Waals surface area contributed by atoms with Crippen LogP contribution in [-0.4, -0.2) is 12.2 Å². The highest BCUT2D eigenvalue weighted by Gasteiger charge is 2.10. The number of hydrogen-bond donors (Lipinski definition) is 1. The van der Waals surface area contributed by atoms with Gasteiger partial charge in [-0.25, -0.2) is 0 Å². The molecule has 1 N–H and O–H groups in total. The van der Waals surface area contributed by atoms with Gasteiger partial charge in [-0.3, -0.25) is 0 Å². The molecule has 82 valence electrons. The fraction of sp³-hybridized carbons (Fsp3) is 0.385. The van der Waals surface area contributed by atoms with Crippen LogP contribution >= 0.6 is 0 Å². The Hall–Kier alpha value is -1.44. The lowest BCUT2D eigenvalue weighted by atomic mass is 10.0. The standard InChI is InChI=1S/C13H18O2/c1-4-6-10-8-9-12(14)13(15-3)11(10)7-5-2/h4,6,8-9,14H,5,7H2,1-3H3. The van der Waals surface area contributed by atoms with Crippen LogP contribution in [0.5, 0.6) is 11.5 Å². The van der Waals surface area contributed by atoms with Crippen molar-refractivity contribution in [2.75, 3.05) is 7.11 Å². The fourth-order valence-electron chi connectivity index (χ4n) is 1.70. The maximum absolute atomic E-state index is 9.66. The molecule has 0 aromatic heterocycles. The normalized spacial score (nSPS) is 10.9. The van der Waals surface area contributed by atoms with E-state index < -0.39 is 0 Å². The minimum Gasteiger partial charge on any atom is -0.504 e. The Morgan fingerprint density at radius 3 is 2.67 bits per heavy atom. The van der Waals surface area contributed by atoms with Crippen LogP contribution < -0.4 is 4.74 Å². The van der Waals surface area contributed by atoms with E-state index in [-0.39, 0.29) is 5.75 Å². The number of ether oxygens (including phenoxy) is 1. The highest BCUT2D eigenvalue weighted by Crippen LogP contribution is 2.33. The average molecular weight is 206 g/mol. The van der Waals surface area contributed by atoms with Crippen molar-refractivity contribution >= 4 is 6.08 Å². The number of phenolic OH excluding ortho intramolecular Hbond substituents is 1. The predicted molar refractivity (Wildman–Crippen MR) is 63.4 cm³/mol. The zero-order valence-electron chi connectivity index (χ0n) is 9.58. The zero-order chi connectivity index (χ0) is 11.3. The Labute approximate surface area is 91.2 Å². The second-order valence-corrected chi connectivity index (χ2v) is 3.44. The van der Waals surface area contributed by atoms with Crippen LogP contribution in [0.3, 0.4) is 0 Å². The van der Waals surface area contributed by atoms with Crippen LogP contribution in [0.1, 0.15) is 31.4 Å². The van der Waals surface area contributed by atoms with E-state index in [1.807, 2.05) is 25.1 Å². The van der Waals surface area contributed by atoms with E-state index in [2.05, 4.69) is 6.92 Å². The molecule has 0 fully saturated rings. The first-order valence-corrected chi connectivity index (χ1v) is 5.26. The second kappa shape index (κ2) is 5.44. The van der Waals surface area contributed by atoms with Crippen LogP contribution in [0.4, 0.5) is 0 Å². The lowest BCUT2D eigenvalue weighted by Gasteiger charge is -2.12. The third-order valence-corrected chi connectivity index (χ3v) is 2.33. The minimum atomic E-state index is 0.217. The van der Waals surface area contributed by atoms with Gasteiger partial charge in [-0.05, 0) is 25.0 Å². The summed E-state index contributed by atoms with van der Waals surface area (Å²) in [5.74, 6) is 0.821. The van der Waals surface area contributed by atoms with Crippen molar-refractivity contribution in [2.24, 2.45) is 0 Å². The molecule has 0 heterocycles. The first-order chi connectivity index (χ1) is 7.24. The van der Waals surface area contributed by atoms with Crippen molar-refractivity contribution in [1.29, 1.82) is 0 Å². The highest BCUT2D eigenvalue weighted by atomic mass is 16.5. The number of methoxy groups -OCH3 is 1. The molecule has 0 saturated heterocycles. The lowest BCUT2D eigenvalue weighted by Crippen LogP contribution is -1.95. The first-order valence-electron chi connectivity index (χ1n) is 5.26. The molecule has 0 radical (unpaired) electrons. The molecule has 2 heteroatoms. The summed E-state index contributed by atoms with van der Waals surface area (Å²) < 4.78 is 5.23. The molecule has 15 heavy (non-hydrogen) atoms. The van der Waals surface area contributed by atoms with Gasteiger partial charge in [0.15, 0.2) is 11.5 Å². The fourth-order valence-corrected chi connectivity index (χ4v) is 1.70. The molecule has 0 saturated carbocycles. The van der Waals surface area contributed by atoms with Crippen molar-refractivity contribution in [1.82, 2.24) is 0 Å².